The van der Waals surface area contributed by atoms with Crippen molar-refractivity contribution in [2.75, 3.05) is 44.4 Å². The Morgan fingerprint density at radius 3 is 2.39 bits per heavy atom. The number of fused-ring (bicyclic) bond motifs is 1. The van der Waals surface area contributed by atoms with Crippen LogP contribution in [0.15, 0.2) is 90.6 Å². The number of anilines is 1. The fraction of sp³-hybridized carbons (Fsp3) is 0.395. The van der Waals surface area contributed by atoms with Crippen LogP contribution in [0.1, 0.15) is 45.2 Å². The zero-order valence-electron chi connectivity index (χ0n) is 36.5. The quantitative estimate of drug-likeness (QED) is 0.0519. The Hall–Kier alpha value is -5.87. The van der Waals surface area contributed by atoms with Crippen LogP contribution in [0, 0.1) is 6.57 Å². The number of alkyl halides is 2. The van der Waals surface area contributed by atoms with E-state index in [1.54, 1.807) is 66.9 Å². The minimum absolute atomic E-state index is 0.0767. The standard InChI is InChI=1S/C43H41F2N9O13P2S/c1-46-14-17-62-69(70,67-35-31(44)28(20-55)64-42(35)54-24-49-33-38(54)50-23-51(40(33)57)16-18-61-43(58)26-11-6-3-7-12-26)63-21-29-34(66-68(59)60)32(45)41(65-29)53-19-27-13-8-15-52(36-30(27)37(53)48-22-47-36)39(56)25-9-4-2-5-10-25/h2-7,9-12,19,22-24,28-29,31-32,34-35,41-42,55H,8,13-18,20-21H2/p+1/t28-,29-,31-,32-,34-,35-,41-,42-,69?/m1/s1. The van der Waals surface area contributed by atoms with Crippen molar-refractivity contribution in [1.29, 1.82) is 0 Å². The van der Waals surface area contributed by atoms with Gasteiger partial charge in [-0.15, -0.1) is 9.42 Å². The number of aliphatic hydroxyl groups excluding tert-OH is 1. The first-order chi connectivity index (χ1) is 33.9. The molecule has 0 aliphatic carbocycles. The molecule has 2 aromatic carbocycles. The molecule has 0 saturated carbocycles. The van der Waals surface area contributed by atoms with Gasteiger partial charge in [-0.3, -0.25) is 28.1 Å². The van der Waals surface area contributed by atoms with Gasteiger partial charge < -0.3 is 37.8 Å². The second-order valence-electron chi connectivity index (χ2n) is 16.0. The lowest BCUT2D eigenvalue weighted by Gasteiger charge is -2.29. The number of amides is 1. The van der Waals surface area contributed by atoms with Crippen molar-refractivity contribution in [3.63, 3.8) is 0 Å². The molecule has 1 amide bonds. The Bertz CT molecular complexity index is 3060. The monoisotopic (exact) mass is 1020 g/mol. The Balaban J connectivity index is 0.956. The summed E-state index contributed by atoms with van der Waals surface area (Å²) in [5, 5.41) is 10.6. The number of aliphatic hydroxyl groups is 1. The van der Waals surface area contributed by atoms with E-state index >= 15 is 8.78 Å². The fourth-order valence-electron chi connectivity index (χ4n) is 8.46. The van der Waals surface area contributed by atoms with Crippen molar-refractivity contribution >= 4 is 66.7 Å². The fourth-order valence-corrected chi connectivity index (χ4v) is 11.0. The number of imidazole rings is 1. The van der Waals surface area contributed by atoms with Gasteiger partial charge in [-0.05, 0) is 54.5 Å². The van der Waals surface area contributed by atoms with E-state index in [1.165, 1.54) is 31.3 Å². The second-order valence-corrected chi connectivity index (χ2v) is 19.6. The molecular weight excluding hydrogens is 983 g/mol. The molecule has 366 valence electrons. The smallest absolute Gasteiger partial charge is 0.460 e. The maximum atomic E-state index is 16.8. The van der Waals surface area contributed by atoms with Crippen molar-refractivity contribution in [3.05, 3.63) is 124 Å². The summed E-state index contributed by atoms with van der Waals surface area (Å²) in [5.41, 5.74) is 0.771. The largest absolute Gasteiger partial charge is 0.695 e. The minimum atomic E-state index is -4.27. The van der Waals surface area contributed by atoms with E-state index in [1.807, 2.05) is 0 Å². The maximum Gasteiger partial charge on any atom is 0.695 e. The summed E-state index contributed by atoms with van der Waals surface area (Å²) in [7, 11) is -3.42. The maximum absolute atomic E-state index is 16.8. The third-order valence-electron chi connectivity index (χ3n) is 11.7. The van der Waals surface area contributed by atoms with Crippen LogP contribution in [0.2, 0.25) is 0 Å². The van der Waals surface area contributed by atoms with Crippen molar-refractivity contribution in [1.82, 2.24) is 33.6 Å². The highest BCUT2D eigenvalue weighted by Gasteiger charge is 2.54. The Morgan fingerprint density at radius 2 is 1.66 bits per heavy atom. The predicted octanol–water partition coefficient (Wildman–Crippen LogP) is 4.55. The molecule has 0 spiro atoms. The molecule has 22 nitrogen and oxygen atoms in total. The molecule has 0 radical (unpaired) electrons. The molecule has 3 aliphatic rings. The summed E-state index contributed by atoms with van der Waals surface area (Å²) in [5.74, 6) is -0.584. The van der Waals surface area contributed by atoms with Gasteiger partial charge >= 0.3 is 20.9 Å². The van der Waals surface area contributed by atoms with Crippen LogP contribution in [-0.2, 0) is 61.6 Å². The molecule has 2 unspecified atom stereocenters. The molecule has 2 fully saturated rings. The zero-order chi connectivity index (χ0) is 49.1. The highest BCUT2D eigenvalue weighted by atomic mass is 32.5. The van der Waals surface area contributed by atoms with Crippen molar-refractivity contribution in [2.45, 2.75) is 68.6 Å². The summed E-state index contributed by atoms with van der Waals surface area (Å²) in [6, 6.07) is 16.9. The van der Waals surface area contributed by atoms with Gasteiger partial charge in [0.1, 0.15) is 55.6 Å². The highest BCUT2D eigenvalue weighted by molar-refractivity contribution is 8.07. The van der Waals surface area contributed by atoms with E-state index in [9.17, 15) is 28.9 Å². The van der Waals surface area contributed by atoms with Gasteiger partial charge in [0.15, 0.2) is 42.1 Å². The lowest BCUT2D eigenvalue weighted by Crippen LogP contribution is -2.34. The third kappa shape index (κ3) is 9.90. The summed E-state index contributed by atoms with van der Waals surface area (Å²) in [4.78, 5) is 71.7. The molecule has 70 heavy (non-hydrogen) atoms. The first-order valence-corrected chi connectivity index (χ1v) is 25.4. The van der Waals surface area contributed by atoms with Gasteiger partial charge in [0.25, 0.3) is 11.5 Å². The van der Waals surface area contributed by atoms with Crippen LogP contribution in [-0.4, -0.2) is 132 Å². The van der Waals surface area contributed by atoms with E-state index in [0.717, 1.165) is 6.33 Å². The second kappa shape index (κ2) is 21.2. The van der Waals surface area contributed by atoms with Gasteiger partial charge in [0.05, 0.1) is 37.0 Å². The first kappa shape index (κ1) is 49.1. The third-order valence-corrected chi connectivity index (χ3v) is 14.5. The Labute approximate surface area is 401 Å². The average Bonchev–Trinajstić information content (AvgIpc) is 4.09. The number of aryl methyl sites for hydroxylation is 1. The van der Waals surface area contributed by atoms with Gasteiger partial charge in [-0.1, -0.05) is 36.4 Å². The number of halogens is 2. The van der Waals surface area contributed by atoms with E-state index < -0.39 is 88.9 Å². The molecule has 4 aromatic heterocycles. The number of hydrogen-bond donors (Lipinski definition) is 2. The average molecular weight is 1020 g/mol. The Kier molecular flexibility index (Phi) is 14.9. The summed E-state index contributed by atoms with van der Waals surface area (Å²) in [6.07, 6.45) is -7.67. The van der Waals surface area contributed by atoms with Gasteiger partial charge in [0, 0.05) is 22.9 Å². The number of rotatable bonds is 18. The predicted molar refractivity (Wildman–Crippen MR) is 244 cm³/mol. The number of benzene rings is 2. The number of carbonyl (C=O) groups is 2. The van der Waals surface area contributed by atoms with Crippen molar-refractivity contribution in [3.8, 4) is 0 Å². The van der Waals surface area contributed by atoms with Gasteiger partial charge in [-0.25, -0.2) is 40.1 Å². The molecule has 6 aromatic rings. The summed E-state index contributed by atoms with van der Waals surface area (Å²) >= 11 is 5.76. The molecule has 0 bridgehead atoms. The number of ether oxygens (including phenoxy) is 3. The van der Waals surface area contributed by atoms with Crippen LogP contribution in [0.5, 0.6) is 0 Å². The number of carbonyl (C=O) groups excluding carboxylic acids is 2. The van der Waals surface area contributed by atoms with E-state index in [-0.39, 0.29) is 49.0 Å². The van der Waals surface area contributed by atoms with Crippen molar-refractivity contribution in [2.24, 2.45) is 0 Å². The molecule has 3 aliphatic heterocycles. The molecule has 10 atom stereocenters. The molecule has 2 N–H and O–H groups in total. The first-order valence-electron chi connectivity index (χ1n) is 21.7. The lowest BCUT2D eigenvalue weighted by molar-refractivity contribution is -0.0558. The molecular formula is C43H42F2N9O13P2S+. The molecule has 7 heterocycles. The van der Waals surface area contributed by atoms with Crippen LogP contribution in [0.25, 0.3) is 27.0 Å². The molecule has 27 heteroatoms. The number of esters is 1. The minimum Gasteiger partial charge on any atom is -0.460 e. The topological polar surface area (TPSA) is 247 Å². The lowest BCUT2D eigenvalue weighted by atomic mass is 10.1. The normalized spacial score (nSPS) is 24.3. The van der Waals surface area contributed by atoms with Crippen LogP contribution in [0.4, 0.5) is 14.6 Å². The zero-order valence-corrected chi connectivity index (χ0v) is 39.1. The van der Waals surface area contributed by atoms with Gasteiger partial charge in [0.2, 0.25) is 6.54 Å². The van der Waals surface area contributed by atoms with E-state index in [2.05, 4.69) is 24.8 Å². The van der Waals surface area contributed by atoms with E-state index in [0.29, 0.717) is 47.3 Å². The highest BCUT2D eigenvalue weighted by Crippen LogP contribution is 2.55. The summed E-state index contributed by atoms with van der Waals surface area (Å²) < 4.78 is 89.5. The van der Waals surface area contributed by atoms with Crippen molar-refractivity contribution < 1.29 is 65.2 Å². The summed E-state index contributed by atoms with van der Waals surface area (Å²) in [6.45, 7) is 0.932. The number of aromatic nitrogens is 7. The van der Waals surface area contributed by atoms with Crippen LogP contribution >= 0.6 is 15.0 Å². The SMILES string of the molecule is [C-]#[N+]CCOP(=S)(OC[C@H]1O[C@@H](n2cc3c4c(ncnc42)N(C(=O)c2ccccc2)CCC3)[C@H](F)[C@@H]1O[P+](=O)O)O[C@@H]1[C@H](F)[C@@H](CO)O[C@H]1n1cnc2c(=O)n(CCOC(=O)c3ccccc3)cnc21. The van der Waals surface area contributed by atoms with Crippen LogP contribution < -0.4 is 10.5 Å². The number of hydrogen-bond acceptors (Lipinski definition) is 17. The van der Waals surface area contributed by atoms with E-state index in [4.69, 9.17) is 50.7 Å². The number of nitrogens with zero attached hydrogens (tertiary/aromatic N) is 9. The Morgan fingerprint density at radius 1 is 0.914 bits per heavy atom. The molecule has 2 saturated heterocycles. The van der Waals surface area contributed by atoms with Crippen LogP contribution in [0.3, 0.4) is 0 Å². The molecule has 9 rings (SSSR count). The van der Waals surface area contributed by atoms with Gasteiger partial charge in [-0.2, -0.15) is 0 Å².